The zero-order chi connectivity index (χ0) is 14.2. The van der Waals surface area contributed by atoms with E-state index in [2.05, 4.69) is 28.5 Å². The van der Waals surface area contributed by atoms with Crippen molar-refractivity contribution in [3.63, 3.8) is 0 Å². The molecule has 0 radical (unpaired) electrons. The standard InChI is InChI=1S/C16H23N3O/c1-3-20-16-9-5-4-7-15(16)11-17-10-6-8-14-12-18-19-13(14)2/h4-5,7,9,12,17H,3,6,8,10-11H2,1-2H3,(H,18,19). The number of rotatable bonds is 8. The molecule has 1 heterocycles. The smallest absolute Gasteiger partial charge is 0.123 e. The van der Waals surface area contributed by atoms with Crippen molar-refractivity contribution in [1.82, 2.24) is 15.5 Å². The van der Waals surface area contributed by atoms with Crippen molar-refractivity contribution in [3.05, 3.63) is 47.3 Å². The van der Waals surface area contributed by atoms with Crippen molar-refractivity contribution in [2.24, 2.45) is 0 Å². The fraction of sp³-hybridized carbons (Fsp3) is 0.438. The van der Waals surface area contributed by atoms with E-state index in [1.165, 1.54) is 16.8 Å². The molecular weight excluding hydrogens is 250 g/mol. The van der Waals surface area contributed by atoms with Crippen LogP contribution in [-0.2, 0) is 13.0 Å². The van der Waals surface area contributed by atoms with Crippen LogP contribution in [0.4, 0.5) is 0 Å². The molecule has 20 heavy (non-hydrogen) atoms. The summed E-state index contributed by atoms with van der Waals surface area (Å²) in [5, 5.41) is 10.5. The fourth-order valence-corrected chi connectivity index (χ4v) is 2.20. The van der Waals surface area contributed by atoms with Gasteiger partial charge in [0.1, 0.15) is 5.75 Å². The molecule has 2 N–H and O–H groups in total. The highest BCUT2D eigenvalue weighted by Crippen LogP contribution is 2.17. The lowest BCUT2D eigenvalue weighted by Crippen LogP contribution is -2.16. The van der Waals surface area contributed by atoms with Gasteiger partial charge < -0.3 is 10.1 Å². The van der Waals surface area contributed by atoms with Gasteiger partial charge >= 0.3 is 0 Å². The molecule has 0 aliphatic heterocycles. The van der Waals surface area contributed by atoms with Crippen LogP contribution in [0.15, 0.2) is 30.5 Å². The van der Waals surface area contributed by atoms with E-state index in [9.17, 15) is 0 Å². The van der Waals surface area contributed by atoms with Crippen LogP contribution in [0.3, 0.4) is 0 Å². The van der Waals surface area contributed by atoms with Crippen molar-refractivity contribution in [2.75, 3.05) is 13.2 Å². The zero-order valence-electron chi connectivity index (χ0n) is 12.3. The van der Waals surface area contributed by atoms with Gasteiger partial charge in [-0.3, -0.25) is 5.10 Å². The average molecular weight is 273 g/mol. The SMILES string of the molecule is CCOc1ccccc1CNCCCc1cn[nH]c1C. The minimum absolute atomic E-state index is 0.705. The van der Waals surface area contributed by atoms with E-state index in [1.807, 2.05) is 31.3 Å². The molecule has 4 nitrogen and oxygen atoms in total. The minimum Gasteiger partial charge on any atom is -0.494 e. The normalized spacial score (nSPS) is 10.7. The molecule has 0 amide bonds. The Kier molecular flexibility index (Phi) is 5.62. The van der Waals surface area contributed by atoms with Gasteiger partial charge in [0, 0.05) is 17.8 Å². The molecule has 108 valence electrons. The van der Waals surface area contributed by atoms with Crippen LogP contribution in [0, 0.1) is 6.92 Å². The van der Waals surface area contributed by atoms with Crippen LogP contribution in [0.25, 0.3) is 0 Å². The number of aromatic nitrogens is 2. The number of aryl methyl sites for hydroxylation is 2. The van der Waals surface area contributed by atoms with Crippen LogP contribution in [0.2, 0.25) is 0 Å². The summed E-state index contributed by atoms with van der Waals surface area (Å²) in [4.78, 5) is 0. The molecule has 0 atom stereocenters. The van der Waals surface area contributed by atoms with Crippen molar-refractivity contribution < 1.29 is 4.74 Å². The van der Waals surface area contributed by atoms with Gasteiger partial charge in [-0.1, -0.05) is 18.2 Å². The van der Waals surface area contributed by atoms with E-state index in [0.717, 1.165) is 31.7 Å². The summed E-state index contributed by atoms with van der Waals surface area (Å²) in [6.07, 6.45) is 4.08. The summed E-state index contributed by atoms with van der Waals surface area (Å²) >= 11 is 0. The highest BCUT2D eigenvalue weighted by Gasteiger charge is 2.02. The highest BCUT2D eigenvalue weighted by molar-refractivity contribution is 5.33. The Morgan fingerprint density at radius 2 is 2.10 bits per heavy atom. The predicted molar refractivity (Wildman–Crippen MR) is 81.0 cm³/mol. The van der Waals surface area contributed by atoms with Crippen molar-refractivity contribution in [3.8, 4) is 5.75 Å². The molecule has 0 aliphatic rings. The number of hydrogen-bond donors (Lipinski definition) is 2. The maximum Gasteiger partial charge on any atom is 0.123 e. The van der Waals surface area contributed by atoms with E-state index < -0.39 is 0 Å². The Balaban J connectivity index is 1.72. The van der Waals surface area contributed by atoms with Gasteiger partial charge in [-0.2, -0.15) is 5.10 Å². The third kappa shape index (κ3) is 4.10. The number of nitrogens with one attached hydrogen (secondary N) is 2. The molecule has 2 aromatic rings. The number of benzene rings is 1. The zero-order valence-corrected chi connectivity index (χ0v) is 12.3. The van der Waals surface area contributed by atoms with Crippen LogP contribution in [-0.4, -0.2) is 23.3 Å². The van der Waals surface area contributed by atoms with Crippen molar-refractivity contribution in [2.45, 2.75) is 33.2 Å². The minimum atomic E-state index is 0.705. The van der Waals surface area contributed by atoms with Crippen LogP contribution in [0.1, 0.15) is 30.2 Å². The molecule has 0 saturated carbocycles. The van der Waals surface area contributed by atoms with Gasteiger partial charge in [0.25, 0.3) is 0 Å². The van der Waals surface area contributed by atoms with Crippen molar-refractivity contribution in [1.29, 1.82) is 0 Å². The quantitative estimate of drug-likeness (QED) is 0.727. The van der Waals surface area contributed by atoms with Gasteiger partial charge in [0.05, 0.1) is 12.8 Å². The molecule has 2 rings (SSSR count). The molecule has 0 aliphatic carbocycles. The second-order valence-corrected chi connectivity index (χ2v) is 4.84. The molecule has 1 aromatic heterocycles. The summed E-state index contributed by atoms with van der Waals surface area (Å²) < 4.78 is 5.62. The van der Waals surface area contributed by atoms with E-state index in [-0.39, 0.29) is 0 Å². The number of hydrogen-bond acceptors (Lipinski definition) is 3. The molecule has 1 aromatic carbocycles. The van der Waals surface area contributed by atoms with Gasteiger partial charge in [0.2, 0.25) is 0 Å². The number of para-hydroxylation sites is 1. The van der Waals surface area contributed by atoms with Gasteiger partial charge in [0.15, 0.2) is 0 Å². The second-order valence-electron chi connectivity index (χ2n) is 4.84. The van der Waals surface area contributed by atoms with Crippen molar-refractivity contribution >= 4 is 0 Å². The molecular formula is C16H23N3O. The van der Waals surface area contributed by atoms with E-state index in [0.29, 0.717) is 6.61 Å². The summed E-state index contributed by atoms with van der Waals surface area (Å²) in [7, 11) is 0. The Morgan fingerprint density at radius 1 is 1.25 bits per heavy atom. The Labute approximate surface area is 120 Å². The van der Waals surface area contributed by atoms with Crippen LogP contribution < -0.4 is 10.1 Å². The number of H-pyrrole nitrogens is 1. The topological polar surface area (TPSA) is 49.9 Å². The largest absolute Gasteiger partial charge is 0.494 e. The average Bonchev–Trinajstić information content (AvgIpc) is 2.86. The third-order valence-electron chi connectivity index (χ3n) is 3.32. The number of ether oxygens (including phenoxy) is 1. The molecule has 0 saturated heterocycles. The van der Waals surface area contributed by atoms with Crippen LogP contribution in [0.5, 0.6) is 5.75 Å². The van der Waals surface area contributed by atoms with E-state index in [1.54, 1.807) is 0 Å². The Hall–Kier alpha value is -1.81. The van der Waals surface area contributed by atoms with Gasteiger partial charge in [-0.15, -0.1) is 0 Å². The lowest BCUT2D eigenvalue weighted by Gasteiger charge is -2.10. The molecule has 0 unspecified atom stereocenters. The maximum absolute atomic E-state index is 5.62. The molecule has 0 bridgehead atoms. The van der Waals surface area contributed by atoms with E-state index >= 15 is 0 Å². The maximum atomic E-state index is 5.62. The van der Waals surface area contributed by atoms with Crippen LogP contribution >= 0.6 is 0 Å². The summed E-state index contributed by atoms with van der Waals surface area (Å²) in [5.74, 6) is 0.980. The third-order valence-corrected chi connectivity index (χ3v) is 3.32. The molecule has 0 fully saturated rings. The first kappa shape index (κ1) is 14.6. The lowest BCUT2D eigenvalue weighted by molar-refractivity contribution is 0.335. The molecule has 0 spiro atoms. The lowest BCUT2D eigenvalue weighted by atomic mass is 10.1. The highest BCUT2D eigenvalue weighted by atomic mass is 16.5. The number of nitrogens with zero attached hydrogens (tertiary/aromatic N) is 1. The first-order valence-electron chi connectivity index (χ1n) is 7.21. The Morgan fingerprint density at radius 3 is 2.85 bits per heavy atom. The van der Waals surface area contributed by atoms with E-state index in [4.69, 9.17) is 4.74 Å². The Bertz CT molecular complexity index is 522. The van der Waals surface area contributed by atoms with Gasteiger partial charge in [-0.05, 0) is 44.9 Å². The fourth-order valence-electron chi connectivity index (χ4n) is 2.20. The number of aromatic amines is 1. The first-order valence-corrected chi connectivity index (χ1v) is 7.21. The van der Waals surface area contributed by atoms with Gasteiger partial charge in [-0.25, -0.2) is 0 Å². The second kappa shape index (κ2) is 7.70. The monoisotopic (exact) mass is 273 g/mol. The summed E-state index contributed by atoms with van der Waals surface area (Å²) in [6.45, 7) is 6.62. The predicted octanol–water partition coefficient (Wildman–Crippen LogP) is 2.84. The molecule has 4 heteroatoms. The summed E-state index contributed by atoms with van der Waals surface area (Å²) in [6, 6.07) is 8.19. The first-order chi connectivity index (χ1) is 9.81. The summed E-state index contributed by atoms with van der Waals surface area (Å²) in [5.41, 5.74) is 3.70.